The average Bonchev–Trinajstić information content (AvgIpc) is 3.26. The van der Waals surface area contributed by atoms with Crippen molar-refractivity contribution in [1.82, 2.24) is 10.2 Å². The number of benzene rings is 2. The number of hydrogen-bond donors (Lipinski definition) is 1. The van der Waals surface area contributed by atoms with Gasteiger partial charge in [0.25, 0.3) is 0 Å². The van der Waals surface area contributed by atoms with Gasteiger partial charge in [-0.2, -0.15) is 0 Å². The lowest BCUT2D eigenvalue weighted by atomic mass is 10.1. The van der Waals surface area contributed by atoms with E-state index in [1.54, 1.807) is 19.1 Å². The number of nitrogens with zero attached hydrogens (tertiary/aromatic N) is 2. The van der Waals surface area contributed by atoms with Crippen molar-refractivity contribution >= 4 is 27.5 Å². The normalized spacial score (nSPS) is 13.3. The van der Waals surface area contributed by atoms with Gasteiger partial charge in [-0.3, -0.25) is 13.9 Å². The van der Waals surface area contributed by atoms with Crippen LogP contribution in [-0.4, -0.2) is 57.3 Å². The lowest BCUT2D eigenvalue weighted by molar-refractivity contribution is -0.139. The van der Waals surface area contributed by atoms with Crippen molar-refractivity contribution in [2.75, 3.05) is 30.4 Å². The Kier molecular flexibility index (Phi) is 7.80. The second-order valence-electron chi connectivity index (χ2n) is 7.78. The molecule has 33 heavy (non-hydrogen) atoms. The van der Waals surface area contributed by atoms with Gasteiger partial charge < -0.3 is 19.7 Å². The largest absolute Gasteiger partial charge is 0.454 e. The number of ether oxygens (including phenoxy) is 2. The van der Waals surface area contributed by atoms with Gasteiger partial charge in [0.15, 0.2) is 11.5 Å². The molecule has 2 aromatic carbocycles. The Morgan fingerprint density at radius 1 is 1.09 bits per heavy atom. The lowest BCUT2D eigenvalue weighted by Gasteiger charge is -2.31. The van der Waals surface area contributed by atoms with Crippen LogP contribution in [0, 0.1) is 0 Å². The fourth-order valence-corrected chi connectivity index (χ4v) is 4.25. The maximum Gasteiger partial charge on any atom is 0.244 e. The van der Waals surface area contributed by atoms with E-state index in [-0.39, 0.29) is 24.9 Å². The smallest absolute Gasteiger partial charge is 0.244 e. The molecular formula is C23H29N3O6S. The first kappa shape index (κ1) is 24.4. The minimum absolute atomic E-state index is 0.0475. The maximum atomic E-state index is 13.4. The summed E-state index contributed by atoms with van der Waals surface area (Å²) in [5.41, 5.74) is 1.10. The summed E-state index contributed by atoms with van der Waals surface area (Å²) >= 11 is 0. The minimum Gasteiger partial charge on any atom is -0.454 e. The molecule has 10 heteroatoms. The van der Waals surface area contributed by atoms with E-state index in [0.29, 0.717) is 18.0 Å². The molecule has 1 aliphatic rings. The second kappa shape index (κ2) is 10.6. The summed E-state index contributed by atoms with van der Waals surface area (Å²) in [5, 5.41) is 2.80. The molecule has 0 unspecified atom stereocenters. The van der Waals surface area contributed by atoms with Crippen molar-refractivity contribution < 1.29 is 27.5 Å². The molecule has 1 heterocycles. The van der Waals surface area contributed by atoms with Crippen LogP contribution in [0.3, 0.4) is 0 Å². The summed E-state index contributed by atoms with van der Waals surface area (Å²) < 4.78 is 36.8. The van der Waals surface area contributed by atoms with E-state index >= 15 is 0 Å². The number of carbonyl (C=O) groups excluding carboxylic acids is 2. The Hall–Kier alpha value is -3.27. The molecule has 0 saturated heterocycles. The van der Waals surface area contributed by atoms with Crippen molar-refractivity contribution in [3.05, 3.63) is 54.1 Å². The van der Waals surface area contributed by atoms with Crippen LogP contribution in [0.5, 0.6) is 11.5 Å². The van der Waals surface area contributed by atoms with Gasteiger partial charge in [0.2, 0.25) is 28.6 Å². The molecule has 1 N–H and O–H groups in total. The average molecular weight is 476 g/mol. The van der Waals surface area contributed by atoms with Crippen molar-refractivity contribution in [2.45, 2.75) is 32.9 Å². The summed E-state index contributed by atoms with van der Waals surface area (Å²) in [5.74, 6) is 0.115. The fraction of sp³-hybridized carbons (Fsp3) is 0.391. The third-order valence-electron chi connectivity index (χ3n) is 5.24. The first-order valence-corrected chi connectivity index (χ1v) is 12.5. The first-order chi connectivity index (χ1) is 15.7. The fourth-order valence-electron chi connectivity index (χ4n) is 3.41. The second-order valence-corrected chi connectivity index (χ2v) is 9.69. The molecule has 0 radical (unpaired) electrons. The van der Waals surface area contributed by atoms with Crippen LogP contribution in [0.15, 0.2) is 48.5 Å². The number of nitrogens with one attached hydrogen (secondary N) is 1. The summed E-state index contributed by atoms with van der Waals surface area (Å²) in [6, 6.07) is 13.1. The predicted octanol–water partition coefficient (Wildman–Crippen LogP) is 2.12. The zero-order chi connectivity index (χ0) is 24.0. The van der Waals surface area contributed by atoms with Gasteiger partial charge >= 0.3 is 0 Å². The zero-order valence-electron chi connectivity index (χ0n) is 19.0. The number of anilines is 1. The Bertz CT molecular complexity index is 1090. The molecule has 0 spiro atoms. The molecule has 0 aromatic heterocycles. The van der Waals surface area contributed by atoms with Crippen molar-refractivity contribution in [2.24, 2.45) is 0 Å². The van der Waals surface area contributed by atoms with Crippen LogP contribution < -0.4 is 19.1 Å². The van der Waals surface area contributed by atoms with Crippen molar-refractivity contribution in [3.63, 3.8) is 0 Å². The van der Waals surface area contributed by atoms with Gasteiger partial charge in [-0.25, -0.2) is 8.42 Å². The number of hydrogen-bond acceptors (Lipinski definition) is 6. The van der Waals surface area contributed by atoms with E-state index in [0.717, 1.165) is 22.5 Å². The van der Waals surface area contributed by atoms with Gasteiger partial charge in [-0.15, -0.1) is 0 Å². The first-order valence-electron chi connectivity index (χ1n) is 10.7. The van der Waals surface area contributed by atoms with Crippen LogP contribution in [0.4, 0.5) is 5.69 Å². The highest BCUT2D eigenvalue weighted by molar-refractivity contribution is 7.92. The third-order valence-corrected chi connectivity index (χ3v) is 6.38. The van der Waals surface area contributed by atoms with Crippen LogP contribution in [0.2, 0.25) is 0 Å². The Morgan fingerprint density at radius 2 is 1.79 bits per heavy atom. The third kappa shape index (κ3) is 6.16. The van der Waals surface area contributed by atoms with Gasteiger partial charge in [-0.1, -0.05) is 37.3 Å². The highest BCUT2D eigenvalue weighted by atomic mass is 32.2. The van der Waals surface area contributed by atoms with Gasteiger partial charge in [0.1, 0.15) is 12.6 Å². The van der Waals surface area contributed by atoms with Crippen molar-refractivity contribution in [3.8, 4) is 11.5 Å². The highest BCUT2D eigenvalue weighted by Gasteiger charge is 2.30. The summed E-state index contributed by atoms with van der Waals surface area (Å²) in [6.45, 7) is 3.81. The van der Waals surface area contributed by atoms with Crippen molar-refractivity contribution in [1.29, 1.82) is 0 Å². The number of carbonyl (C=O) groups is 2. The molecule has 2 aromatic rings. The quantitative estimate of drug-likeness (QED) is 0.564. The molecule has 0 bridgehead atoms. The van der Waals surface area contributed by atoms with E-state index in [9.17, 15) is 18.0 Å². The highest BCUT2D eigenvalue weighted by Crippen LogP contribution is 2.36. The predicted molar refractivity (Wildman–Crippen MR) is 125 cm³/mol. The molecule has 178 valence electrons. The SMILES string of the molecule is CCCNC(=O)[C@@H](C)N(Cc1ccccc1)C(=O)CN(c1ccc2c(c1)OCO2)S(C)(=O)=O. The molecule has 0 fully saturated rings. The molecular weight excluding hydrogens is 446 g/mol. The van der Waals surface area contributed by atoms with Crippen LogP contribution in [-0.2, 0) is 26.2 Å². The van der Waals surface area contributed by atoms with Crippen LogP contribution in [0.25, 0.3) is 0 Å². The minimum atomic E-state index is -3.81. The number of amides is 2. The van der Waals surface area contributed by atoms with Gasteiger partial charge in [0, 0.05) is 19.2 Å². The molecule has 0 aliphatic carbocycles. The number of sulfonamides is 1. The summed E-state index contributed by atoms with van der Waals surface area (Å²) in [6.07, 6.45) is 1.79. The van der Waals surface area contributed by atoms with Crippen LogP contribution >= 0.6 is 0 Å². The Morgan fingerprint density at radius 3 is 2.45 bits per heavy atom. The lowest BCUT2D eigenvalue weighted by Crippen LogP contribution is -2.51. The molecule has 0 saturated carbocycles. The van der Waals surface area contributed by atoms with E-state index in [1.165, 1.54) is 11.0 Å². The molecule has 2 amide bonds. The maximum absolute atomic E-state index is 13.4. The van der Waals surface area contributed by atoms with E-state index in [2.05, 4.69) is 5.32 Å². The standard InChI is InChI=1S/C23H29N3O6S/c1-4-12-24-23(28)17(2)25(14-18-8-6-5-7-9-18)22(27)15-26(33(3,29)30)19-10-11-20-21(13-19)32-16-31-20/h5-11,13,17H,4,12,14-16H2,1-3H3,(H,24,28)/t17-/m1/s1. The van der Waals surface area contributed by atoms with E-state index < -0.39 is 28.5 Å². The molecule has 3 rings (SSSR count). The van der Waals surface area contributed by atoms with Gasteiger partial charge in [-0.05, 0) is 31.0 Å². The van der Waals surface area contributed by atoms with Crippen LogP contribution in [0.1, 0.15) is 25.8 Å². The van der Waals surface area contributed by atoms with E-state index in [1.807, 2.05) is 37.3 Å². The monoisotopic (exact) mass is 475 g/mol. The summed E-state index contributed by atoms with van der Waals surface area (Å²) in [7, 11) is -3.81. The zero-order valence-corrected chi connectivity index (χ0v) is 19.8. The van der Waals surface area contributed by atoms with Gasteiger partial charge in [0.05, 0.1) is 11.9 Å². The Balaban J connectivity index is 1.88. The number of fused-ring (bicyclic) bond motifs is 1. The molecule has 9 nitrogen and oxygen atoms in total. The Labute approximate surface area is 194 Å². The topological polar surface area (TPSA) is 105 Å². The molecule has 1 aliphatic heterocycles. The number of rotatable bonds is 10. The molecule has 1 atom stereocenters. The van der Waals surface area contributed by atoms with E-state index in [4.69, 9.17) is 9.47 Å². The summed E-state index contributed by atoms with van der Waals surface area (Å²) in [4.78, 5) is 27.5.